The first kappa shape index (κ1) is 12.0. The lowest BCUT2D eigenvalue weighted by molar-refractivity contribution is -0.116. The molecule has 0 radical (unpaired) electrons. The molecule has 2 rings (SSSR count). The third-order valence-electron chi connectivity index (χ3n) is 2.44. The van der Waals surface area contributed by atoms with E-state index in [0.717, 1.165) is 11.1 Å². The predicted molar refractivity (Wildman–Crippen MR) is 71.6 cm³/mol. The van der Waals surface area contributed by atoms with Crippen LogP contribution in [0.4, 0.5) is 0 Å². The largest absolute Gasteiger partial charge is 0.348 e. The summed E-state index contributed by atoms with van der Waals surface area (Å²) < 4.78 is 0. The van der Waals surface area contributed by atoms with Gasteiger partial charge in [0.15, 0.2) is 0 Å². The Morgan fingerprint density at radius 2 is 1.83 bits per heavy atom. The fourth-order valence-electron chi connectivity index (χ4n) is 1.48. The summed E-state index contributed by atoms with van der Waals surface area (Å²) in [5, 5.41) is 2.82. The Bertz CT molecular complexity index is 521. The van der Waals surface area contributed by atoms with Gasteiger partial charge in [0.1, 0.15) is 0 Å². The van der Waals surface area contributed by atoms with Gasteiger partial charge in [0, 0.05) is 25.0 Å². The Hall–Kier alpha value is -2.42. The minimum atomic E-state index is -0.101. The van der Waals surface area contributed by atoms with Crippen LogP contribution in [0.3, 0.4) is 0 Å². The summed E-state index contributed by atoms with van der Waals surface area (Å²) in [5.41, 5.74) is 2.04. The molecule has 1 aromatic carbocycles. The number of aromatic nitrogens is 1. The second kappa shape index (κ2) is 6.35. The van der Waals surface area contributed by atoms with E-state index in [-0.39, 0.29) is 5.91 Å². The van der Waals surface area contributed by atoms with Crippen molar-refractivity contribution < 1.29 is 4.79 Å². The van der Waals surface area contributed by atoms with Gasteiger partial charge in [-0.05, 0) is 29.3 Å². The number of pyridine rings is 1. The molecule has 1 heterocycles. The van der Waals surface area contributed by atoms with E-state index in [4.69, 9.17) is 0 Å². The van der Waals surface area contributed by atoms with Crippen LogP contribution in [-0.2, 0) is 11.3 Å². The maximum absolute atomic E-state index is 11.6. The SMILES string of the molecule is O=C(C=Cc1ccccc1)NCc1ccncc1. The van der Waals surface area contributed by atoms with E-state index in [2.05, 4.69) is 10.3 Å². The number of amides is 1. The number of nitrogens with one attached hydrogen (secondary N) is 1. The molecule has 1 aromatic heterocycles. The van der Waals surface area contributed by atoms with Crippen LogP contribution in [-0.4, -0.2) is 10.9 Å². The standard InChI is InChI=1S/C15H14N2O/c18-15(7-6-13-4-2-1-3-5-13)17-12-14-8-10-16-11-9-14/h1-11H,12H2,(H,17,18). The molecule has 1 amide bonds. The summed E-state index contributed by atoms with van der Waals surface area (Å²) in [5.74, 6) is -0.101. The first-order valence-electron chi connectivity index (χ1n) is 5.74. The van der Waals surface area contributed by atoms with E-state index in [1.165, 1.54) is 6.08 Å². The number of hydrogen-bond donors (Lipinski definition) is 1. The predicted octanol–water partition coefficient (Wildman–Crippen LogP) is 2.41. The number of nitrogens with zero attached hydrogens (tertiary/aromatic N) is 1. The normalized spacial score (nSPS) is 10.4. The smallest absolute Gasteiger partial charge is 0.244 e. The van der Waals surface area contributed by atoms with Gasteiger partial charge in [-0.25, -0.2) is 0 Å². The molecule has 18 heavy (non-hydrogen) atoms. The van der Waals surface area contributed by atoms with Gasteiger partial charge < -0.3 is 5.32 Å². The van der Waals surface area contributed by atoms with Gasteiger partial charge in [-0.3, -0.25) is 9.78 Å². The Morgan fingerprint density at radius 3 is 2.56 bits per heavy atom. The van der Waals surface area contributed by atoms with Gasteiger partial charge in [-0.1, -0.05) is 30.3 Å². The van der Waals surface area contributed by atoms with Gasteiger partial charge in [0.25, 0.3) is 0 Å². The zero-order valence-corrected chi connectivity index (χ0v) is 9.91. The molecule has 90 valence electrons. The van der Waals surface area contributed by atoms with Crippen molar-refractivity contribution in [1.29, 1.82) is 0 Å². The topological polar surface area (TPSA) is 42.0 Å². The van der Waals surface area contributed by atoms with Crippen molar-refractivity contribution in [1.82, 2.24) is 10.3 Å². The molecule has 3 nitrogen and oxygen atoms in total. The molecular weight excluding hydrogens is 224 g/mol. The molecular formula is C15H14N2O. The van der Waals surface area contributed by atoms with Gasteiger partial charge in [-0.2, -0.15) is 0 Å². The minimum absolute atomic E-state index is 0.101. The number of benzene rings is 1. The molecule has 0 spiro atoms. The van der Waals surface area contributed by atoms with Crippen molar-refractivity contribution in [3.05, 3.63) is 72.1 Å². The van der Waals surface area contributed by atoms with Gasteiger partial charge in [-0.15, -0.1) is 0 Å². The Morgan fingerprint density at radius 1 is 1.11 bits per heavy atom. The summed E-state index contributed by atoms with van der Waals surface area (Å²) in [7, 11) is 0. The second-order valence-electron chi connectivity index (χ2n) is 3.82. The van der Waals surface area contributed by atoms with Crippen LogP contribution in [0.25, 0.3) is 6.08 Å². The maximum atomic E-state index is 11.6. The molecule has 0 atom stereocenters. The Labute approximate surface area is 106 Å². The van der Waals surface area contributed by atoms with Crippen molar-refractivity contribution in [3.8, 4) is 0 Å². The first-order chi connectivity index (χ1) is 8.84. The van der Waals surface area contributed by atoms with Crippen LogP contribution in [0, 0.1) is 0 Å². The molecule has 3 heteroatoms. The number of rotatable bonds is 4. The van der Waals surface area contributed by atoms with Crippen LogP contribution in [0.1, 0.15) is 11.1 Å². The highest BCUT2D eigenvalue weighted by Crippen LogP contribution is 2.00. The fourth-order valence-corrected chi connectivity index (χ4v) is 1.48. The summed E-state index contributed by atoms with van der Waals surface area (Å²) >= 11 is 0. The van der Waals surface area contributed by atoms with Gasteiger partial charge in [0.2, 0.25) is 5.91 Å². The molecule has 0 fully saturated rings. The third-order valence-corrected chi connectivity index (χ3v) is 2.44. The molecule has 0 aliphatic carbocycles. The molecule has 0 saturated carbocycles. The van der Waals surface area contributed by atoms with Crippen LogP contribution in [0.2, 0.25) is 0 Å². The lowest BCUT2D eigenvalue weighted by Crippen LogP contribution is -2.20. The van der Waals surface area contributed by atoms with E-state index in [0.29, 0.717) is 6.54 Å². The van der Waals surface area contributed by atoms with Crippen molar-refractivity contribution in [2.45, 2.75) is 6.54 Å². The monoisotopic (exact) mass is 238 g/mol. The summed E-state index contributed by atoms with van der Waals surface area (Å²) in [6, 6.07) is 13.5. The Balaban J connectivity index is 1.84. The van der Waals surface area contributed by atoms with Crippen molar-refractivity contribution in [3.63, 3.8) is 0 Å². The summed E-state index contributed by atoms with van der Waals surface area (Å²) in [6.45, 7) is 0.514. The minimum Gasteiger partial charge on any atom is -0.348 e. The van der Waals surface area contributed by atoms with Crippen molar-refractivity contribution >= 4 is 12.0 Å². The first-order valence-corrected chi connectivity index (χ1v) is 5.74. The molecule has 0 aliphatic rings. The second-order valence-corrected chi connectivity index (χ2v) is 3.82. The quantitative estimate of drug-likeness (QED) is 0.831. The average molecular weight is 238 g/mol. The van der Waals surface area contributed by atoms with Crippen LogP contribution in [0.5, 0.6) is 0 Å². The molecule has 2 aromatic rings. The van der Waals surface area contributed by atoms with Gasteiger partial charge >= 0.3 is 0 Å². The van der Waals surface area contributed by atoms with E-state index >= 15 is 0 Å². The lowest BCUT2D eigenvalue weighted by atomic mass is 10.2. The van der Waals surface area contributed by atoms with E-state index in [1.807, 2.05) is 42.5 Å². The highest BCUT2D eigenvalue weighted by atomic mass is 16.1. The Kier molecular flexibility index (Phi) is 4.25. The molecule has 0 bridgehead atoms. The molecule has 0 aliphatic heterocycles. The average Bonchev–Trinajstić information content (AvgIpc) is 2.45. The molecule has 0 unspecified atom stereocenters. The number of carbonyl (C=O) groups is 1. The zero-order valence-electron chi connectivity index (χ0n) is 9.91. The number of carbonyl (C=O) groups excluding carboxylic acids is 1. The van der Waals surface area contributed by atoms with Crippen LogP contribution < -0.4 is 5.32 Å². The highest BCUT2D eigenvalue weighted by Gasteiger charge is 1.95. The van der Waals surface area contributed by atoms with E-state index in [1.54, 1.807) is 18.5 Å². The third kappa shape index (κ3) is 3.87. The summed E-state index contributed by atoms with van der Waals surface area (Å²) in [6.07, 6.45) is 6.75. The zero-order chi connectivity index (χ0) is 12.6. The van der Waals surface area contributed by atoms with Crippen molar-refractivity contribution in [2.24, 2.45) is 0 Å². The summed E-state index contributed by atoms with van der Waals surface area (Å²) in [4.78, 5) is 15.5. The van der Waals surface area contributed by atoms with Gasteiger partial charge in [0.05, 0.1) is 0 Å². The molecule has 1 N–H and O–H groups in total. The van der Waals surface area contributed by atoms with Crippen LogP contribution >= 0.6 is 0 Å². The molecule has 0 saturated heterocycles. The van der Waals surface area contributed by atoms with E-state index < -0.39 is 0 Å². The van der Waals surface area contributed by atoms with E-state index in [9.17, 15) is 4.79 Å². The number of hydrogen-bond acceptors (Lipinski definition) is 2. The highest BCUT2D eigenvalue weighted by molar-refractivity contribution is 5.91. The maximum Gasteiger partial charge on any atom is 0.244 e. The van der Waals surface area contributed by atoms with Crippen molar-refractivity contribution in [2.75, 3.05) is 0 Å². The fraction of sp³-hybridized carbons (Fsp3) is 0.0667. The van der Waals surface area contributed by atoms with Crippen LogP contribution in [0.15, 0.2) is 60.9 Å². The lowest BCUT2D eigenvalue weighted by Gasteiger charge is -2.01.